The van der Waals surface area contributed by atoms with Crippen LogP contribution in [0, 0.1) is 0 Å². The van der Waals surface area contributed by atoms with Gasteiger partial charge in [0.15, 0.2) is 6.29 Å². The Balaban J connectivity index is 1.20. The van der Waals surface area contributed by atoms with Gasteiger partial charge in [-0.1, -0.05) is 30.3 Å². The minimum Gasteiger partial charge on any atom is -0.491 e. The van der Waals surface area contributed by atoms with Crippen LogP contribution < -0.4 is 4.74 Å². The molecule has 2 fully saturated rings. The number of carboxylic acids is 1. The fourth-order valence-corrected chi connectivity index (χ4v) is 5.38. The van der Waals surface area contributed by atoms with E-state index in [2.05, 4.69) is 46.9 Å². The number of nitrogens with zero attached hydrogens (tertiary/aromatic N) is 2. The maximum absolute atomic E-state index is 11.4. The van der Waals surface area contributed by atoms with Gasteiger partial charge in [0.25, 0.3) is 0 Å². The molecule has 2 aromatic carbocycles. The third-order valence-corrected chi connectivity index (χ3v) is 7.28. The molecule has 1 N–H and O–H groups in total. The molecule has 35 heavy (non-hydrogen) atoms. The lowest BCUT2D eigenvalue weighted by Gasteiger charge is -2.32. The number of piperidine rings is 1. The van der Waals surface area contributed by atoms with Crippen LogP contribution in [0.4, 0.5) is 0 Å². The van der Waals surface area contributed by atoms with Crippen molar-refractivity contribution in [1.29, 1.82) is 0 Å². The Labute approximate surface area is 206 Å². The molecule has 0 aliphatic carbocycles. The minimum atomic E-state index is -0.960. The SMILES string of the molecule is CC(CC1OCCO1)n1cc(C2CCN(CCOc3ccccc3C(=O)O)CC2)c2ccccc21. The summed E-state index contributed by atoms with van der Waals surface area (Å²) in [6.45, 7) is 6.90. The molecule has 5 rings (SSSR count). The van der Waals surface area contributed by atoms with Gasteiger partial charge in [0.1, 0.15) is 17.9 Å². The summed E-state index contributed by atoms with van der Waals surface area (Å²) in [6, 6.07) is 15.8. The second kappa shape index (κ2) is 10.8. The number of para-hydroxylation sites is 2. The average molecular weight is 479 g/mol. The number of hydrogen-bond acceptors (Lipinski definition) is 5. The van der Waals surface area contributed by atoms with Crippen LogP contribution in [0.25, 0.3) is 10.9 Å². The van der Waals surface area contributed by atoms with Crippen LogP contribution in [0.3, 0.4) is 0 Å². The third kappa shape index (κ3) is 5.37. The first-order valence-electron chi connectivity index (χ1n) is 12.6. The topological polar surface area (TPSA) is 73.2 Å². The molecule has 2 saturated heterocycles. The lowest BCUT2D eigenvalue weighted by molar-refractivity contribution is -0.0539. The number of hydrogen-bond donors (Lipinski definition) is 1. The molecule has 1 aromatic heterocycles. The van der Waals surface area contributed by atoms with Crippen LogP contribution in [0.1, 0.15) is 54.1 Å². The smallest absolute Gasteiger partial charge is 0.339 e. The highest BCUT2D eigenvalue weighted by molar-refractivity contribution is 5.90. The van der Waals surface area contributed by atoms with Gasteiger partial charge >= 0.3 is 5.97 Å². The predicted octanol–water partition coefficient (Wildman–Crippen LogP) is 4.92. The van der Waals surface area contributed by atoms with Crippen molar-refractivity contribution in [2.75, 3.05) is 39.5 Å². The molecule has 186 valence electrons. The van der Waals surface area contributed by atoms with Gasteiger partial charge in [-0.25, -0.2) is 4.79 Å². The van der Waals surface area contributed by atoms with Gasteiger partial charge in [0.05, 0.1) is 13.2 Å². The van der Waals surface area contributed by atoms with Crippen molar-refractivity contribution in [3.63, 3.8) is 0 Å². The van der Waals surface area contributed by atoms with E-state index >= 15 is 0 Å². The maximum atomic E-state index is 11.4. The van der Waals surface area contributed by atoms with Crippen LogP contribution in [0.15, 0.2) is 54.7 Å². The summed E-state index contributed by atoms with van der Waals surface area (Å²) in [7, 11) is 0. The number of aromatic carboxylic acids is 1. The zero-order valence-electron chi connectivity index (χ0n) is 20.3. The molecule has 0 radical (unpaired) electrons. The van der Waals surface area contributed by atoms with E-state index in [0.717, 1.165) is 38.9 Å². The van der Waals surface area contributed by atoms with Crippen molar-refractivity contribution in [2.24, 2.45) is 0 Å². The highest BCUT2D eigenvalue weighted by Crippen LogP contribution is 2.36. The van der Waals surface area contributed by atoms with Crippen molar-refractivity contribution in [3.8, 4) is 5.75 Å². The molecule has 2 aliphatic heterocycles. The van der Waals surface area contributed by atoms with Crippen LogP contribution in [-0.2, 0) is 9.47 Å². The predicted molar refractivity (Wildman–Crippen MR) is 134 cm³/mol. The van der Waals surface area contributed by atoms with E-state index in [1.165, 1.54) is 16.5 Å². The molecule has 3 heterocycles. The Kier molecular flexibility index (Phi) is 7.37. The average Bonchev–Trinajstić information content (AvgIpc) is 3.53. The number of rotatable bonds is 9. The first-order chi connectivity index (χ1) is 17.1. The lowest BCUT2D eigenvalue weighted by atomic mass is 9.89. The van der Waals surface area contributed by atoms with Gasteiger partial charge in [-0.3, -0.25) is 4.90 Å². The standard InChI is InChI=1S/C28H34N2O5/c1-20(18-27-34-16-17-35-27)30-19-24(22-6-2-4-8-25(22)30)21-10-12-29(13-11-21)14-15-33-26-9-5-3-7-23(26)28(31)32/h2-9,19-21,27H,10-18H2,1H3,(H,31,32). The van der Waals surface area contributed by atoms with E-state index in [1.807, 2.05) is 0 Å². The molecule has 0 bridgehead atoms. The third-order valence-electron chi connectivity index (χ3n) is 7.28. The first kappa shape index (κ1) is 23.9. The van der Waals surface area contributed by atoms with E-state index in [-0.39, 0.29) is 11.9 Å². The molecule has 0 saturated carbocycles. The van der Waals surface area contributed by atoms with Crippen molar-refractivity contribution in [3.05, 3.63) is 65.9 Å². The second-order valence-electron chi connectivity index (χ2n) is 9.53. The number of ether oxygens (including phenoxy) is 3. The lowest BCUT2D eigenvalue weighted by Crippen LogP contribution is -2.35. The zero-order valence-corrected chi connectivity index (χ0v) is 20.3. The molecular weight excluding hydrogens is 444 g/mol. The summed E-state index contributed by atoms with van der Waals surface area (Å²) in [6.07, 6.45) is 5.30. The Morgan fingerprint density at radius 3 is 2.57 bits per heavy atom. The maximum Gasteiger partial charge on any atom is 0.339 e. The van der Waals surface area contributed by atoms with Crippen molar-refractivity contribution in [1.82, 2.24) is 9.47 Å². The van der Waals surface area contributed by atoms with E-state index in [0.29, 0.717) is 37.5 Å². The van der Waals surface area contributed by atoms with Gasteiger partial charge in [-0.05, 0) is 62.5 Å². The zero-order chi connectivity index (χ0) is 24.2. The summed E-state index contributed by atoms with van der Waals surface area (Å²) < 4.78 is 19.6. The molecule has 3 aromatic rings. The fraction of sp³-hybridized carbons (Fsp3) is 0.464. The quantitative estimate of drug-likeness (QED) is 0.471. The summed E-state index contributed by atoms with van der Waals surface area (Å²) >= 11 is 0. The Morgan fingerprint density at radius 1 is 1.09 bits per heavy atom. The fourth-order valence-electron chi connectivity index (χ4n) is 5.38. The van der Waals surface area contributed by atoms with Gasteiger partial charge in [-0.2, -0.15) is 0 Å². The number of benzene rings is 2. The molecule has 0 amide bonds. The number of likely N-dealkylation sites (tertiary alicyclic amines) is 1. The van der Waals surface area contributed by atoms with E-state index in [1.54, 1.807) is 24.3 Å². The van der Waals surface area contributed by atoms with Crippen LogP contribution in [0.2, 0.25) is 0 Å². The normalized spacial score (nSPS) is 18.8. The van der Waals surface area contributed by atoms with E-state index in [4.69, 9.17) is 14.2 Å². The highest BCUT2D eigenvalue weighted by atomic mass is 16.7. The highest BCUT2D eigenvalue weighted by Gasteiger charge is 2.26. The number of aromatic nitrogens is 1. The first-order valence-corrected chi connectivity index (χ1v) is 12.6. The second-order valence-corrected chi connectivity index (χ2v) is 9.53. The van der Waals surface area contributed by atoms with Crippen molar-refractivity contribution < 1.29 is 24.1 Å². The largest absolute Gasteiger partial charge is 0.491 e. The molecule has 0 spiro atoms. The van der Waals surface area contributed by atoms with Crippen molar-refractivity contribution in [2.45, 2.75) is 44.4 Å². The summed E-state index contributed by atoms with van der Waals surface area (Å²) in [5.41, 5.74) is 2.93. The molecule has 1 unspecified atom stereocenters. The van der Waals surface area contributed by atoms with Gasteiger partial charge in [0.2, 0.25) is 0 Å². The molecule has 7 nitrogen and oxygen atoms in total. The molecule has 7 heteroatoms. The Hall–Kier alpha value is -2.87. The van der Waals surface area contributed by atoms with E-state index in [9.17, 15) is 9.90 Å². The summed E-state index contributed by atoms with van der Waals surface area (Å²) in [4.78, 5) is 13.8. The number of carboxylic acid groups (broad SMARTS) is 1. The Bertz CT molecular complexity index is 1150. The summed E-state index contributed by atoms with van der Waals surface area (Å²) in [5, 5.41) is 10.7. The number of carbonyl (C=O) groups is 1. The van der Waals surface area contributed by atoms with Crippen LogP contribution >= 0.6 is 0 Å². The van der Waals surface area contributed by atoms with E-state index < -0.39 is 5.97 Å². The molecule has 2 aliphatic rings. The monoisotopic (exact) mass is 478 g/mol. The Morgan fingerprint density at radius 2 is 1.80 bits per heavy atom. The molecule has 1 atom stereocenters. The van der Waals surface area contributed by atoms with Gasteiger partial charge in [0, 0.05) is 36.1 Å². The van der Waals surface area contributed by atoms with Crippen LogP contribution in [0.5, 0.6) is 5.75 Å². The van der Waals surface area contributed by atoms with Crippen LogP contribution in [-0.4, -0.2) is 66.3 Å². The summed E-state index contributed by atoms with van der Waals surface area (Å²) in [5.74, 6) is 0.000597. The minimum absolute atomic E-state index is 0.109. The van der Waals surface area contributed by atoms with Crippen molar-refractivity contribution >= 4 is 16.9 Å². The van der Waals surface area contributed by atoms with Gasteiger partial charge in [-0.15, -0.1) is 0 Å². The number of fused-ring (bicyclic) bond motifs is 1. The molecular formula is C28H34N2O5. The van der Waals surface area contributed by atoms with Gasteiger partial charge < -0.3 is 23.9 Å².